The summed E-state index contributed by atoms with van der Waals surface area (Å²) in [5, 5.41) is 2.16. The van der Waals surface area contributed by atoms with Gasteiger partial charge in [0.1, 0.15) is 5.65 Å². The van der Waals surface area contributed by atoms with Crippen molar-refractivity contribution in [2.24, 2.45) is 0 Å². The zero-order valence-corrected chi connectivity index (χ0v) is 30.0. The molecule has 0 aliphatic carbocycles. The predicted molar refractivity (Wildman–Crippen MR) is 229 cm³/mol. The van der Waals surface area contributed by atoms with Gasteiger partial charge in [-0.15, -0.1) is 0 Å². The first-order chi connectivity index (χ1) is 27.3. The molecule has 0 radical (unpaired) electrons. The molecule has 0 saturated carbocycles. The Balaban J connectivity index is 1.12. The second kappa shape index (κ2) is 13.9. The minimum absolute atomic E-state index is 0.683. The van der Waals surface area contributed by atoms with Crippen molar-refractivity contribution in [1.29, 1.82) is 0 Å². The van der Waals surface area contributed by atoms with E-state index in [9.17, 15) is 0 Å². The Labute approximate surface area is 320 Å². The maximum absolute atomic E-state index is 5.44. The monoisotopic (exact) mass is 701 g/mol. The minimum Gasteiger partial charge on any atom is -0.294 e. The Kier molecular flexibility index (Phi) is 8.16. The lowest BCUT2D eigenvalue weighted by Gasteiger charge is -2.12. The highest BCUT2D eigenvalue weighted by Crippen LogP contribution is 2.39. The highest BCUT2D eigenvalue weighted by atomic mass is 15.1. The first kappa shape index (κ1) is 32.3. The molecular formula is C52H35N3. The number of benzene rings is 8. The van der Waals surface area contributed by atoms with Crippen molar-refractivity contribution in [3.8, 4) is 72.8 Å². The van der Waals surface area contributed by atoms with Crippen LogP contribution in [0.3, 0.4) is 0 Å². The summed E-state index contributed by atoms with van der Waals surface area (Å²) in [4.78, 5) is 10.9. The van der Waals surface area contributed by atoms with Crippen LogP contribution in [-0.2, 0) is 0 Å². The standard InChI is InChI=1S/C52H35N3/c1-4-15-36(16-5-1)38-29-31-39(32-30-38)40-19-12-21-42(33-40)43-22-14-24-45(35-43)51-53-50(44-23-13-20-41(34-44)37-17-6-2-7-18-37)49-47-27-10-11-28-48(47)55(52(49)54-51)46-25-8-3-9-26-46/h1-35H. The van der Waals surface area contributed by atoms with Crippen molar-refractivity contribution in [2.75, 3.05) is 0 Å². The Morgan fingerprint density at radius 2 is 0.727 bits per heavy atom. The van der Waals surface area contributed by atoms with Crippen LogP contribution in [0, 0.1) is 0 Å². The average Bonchev–Trinajstić information content (AvgIpc) is 3.61. The fourth-order valence-corrected chi connectivity index (χ4v) is 7.71. The quantitative estimate of drug-likeness (QED) is 0.166. The Morgan fingerprint density at radius 3 is 1.36 bits per heavy atom. The van der Waals surface area contributed by atoms with E-state index in [4.69, 9.17) is 9.97 Å². The molecule has 10 rings (SSSR count). The summed E-state index contributed by atoms with van der Waals surface area (Å²) < 4.78 is 2.27. The summed E-state index contributed by atoms with van der Waals surface area (Å²) in [5.41, 5.74) is 15.3. The SMILES string of the molecule is c1ccc(-c2ccc(-c3cccc(-c4cccc(-c5nc(-c6cccc(-c7ccccc7)c6)c6c7ccccc7n(-c7ccccc7)c6n5)c4)c3)cc2)cc1. The Bertz CT molecular complexity index is 2950. The summed E-state index contributed by atoms with van der Waals surface area (Å²) in [6, 6.07) is 75.1. The number of rotatable bonds is 7. The normalized spacial score (nSPS) is 11.3. The van der Waals surface area contributed by atoms with E-state index in [1.165, 1.54) is 27.8 Å². The molecule has 10 aromatic rings. The molecular weight excluding hydrogens is 667 g/mol. The maximum atomic E-state index is 5.44. The third-order valence-electron chi connectivity index (χ3n) is 10.4. The van der Waals surface area contributed by atoms with Crippen molar-refractivity contribution in [3.05, 3.63) is 212 Å². The van der Waals surface area contributed by atoms with Gasteiger partial charge in [-0.2, -0.15) is 0 Å². The molecule has 55 heavy (non-hydrogen) atoms. The van der Waals surface area contributed by atoms with Crippen LogP contribution < -0.4 is 0 Å². The van der Waals surface area contributed by atoms with Gasteiger partial charge in [0.15, 0.2) is 5.82 Å². The molecule has 258 valence electrons. The molecule has 0 amide bonds. The molecule has 2 aromatic heterocycles. The van der Waals surface area contributed by atoms with E-state index >= 15 is 0 Å². The second-order valence-corrected chi connectivity index (χ2v) is 13.8. The number of nitrogens with zero attached hydrogens (tertiary/aromatic N) is 3. The summed E-state index contributed by atoms with van der Waals surface area (Å²) in [6.07, 6.45) is 0. The molecule has 0 bridgehead atoms. The molecule has 3 heteroatoms. The molecule has 0 N–H and O–H groups in total. The maximum Gasteiger partial charge on any atom is 0.162 e. The van der Waals surface area contributed by atoms with Crippen LogP contribution >= 0.6 is 0 Å². The van der Waals surface area contributed by atoms with Gasteiger partial charge in [0.2, 0.25) is 0 Å². The number of hydrogen-bond donors (Lipinski definition) is 0. The van der Waals surface area contributed by atoms with Crippen LogP contribution in [0.2, 0.25) is 0 Å². The fourth-order valence-electron chi connectivity index (χ4n) is 7.71. The third kappa shape index (κ3) is 6.08. The van der Waals surface area contributed by atoms with Gasteiger partial charge in [0.05, 0.1) is 16.6 Å². The lowest BCUT2D eigenvalue weighted by atomic mass is 9.96. The highest BCUT2D eigenvalue weighted by molar-refractivity contribution is 6.14. The van der Waals surface area contributed by atoms with Crippen LogP contribution in [0.1, 0.15) is 0 Å². The molecule has 0 spiro atoms. The fraction of sp³-hybridized carbons (Fsp3) is 0. The summed E-state index contributed by atoms with van der Waals surface area (Å²) in [7, 11) is 0. The van der Waals surface area contributed by atoms with E-state index in [1.807, 2.05) is 0 Å². The van der Waals surface area contributed by atoms with Crippen LogP contribution in [0.5, 0.6) is 0 Å². The van der Waals surface area contributed by atoms with Crippen molar-refractivity contribution in [2.45, 2.75) is 0 Å². The number of para-hydroxylation sites is 2. The van der Waals surface area contributed by atoms with E-state index in [0.29, 0.717) is 5.82 Å². The summed E-state index contributed by atoms with van der Waals surface area (Å²) >= 11 is 0. The zero-order valence-electron chi connectivity index (χ0n) is 30.0. The first-order valence-corrected chi connectivity index (χ1v) is 18.7. The Hall–Kier alpha value is -7.36. The molecule has 3 nitrogen and oxygen atoms in total. The molecule has 0 fully saturated rings. The van der Waals surface area contributed by atoms with Crippen LogP contribution in [-0.4, -0.2) is 14.5 Å². The molecule has 0 saturated heterocycles. The van der Waals surface area contributed by atoms with Crippen LogP contribution in [0.25, 0.3) is 94.8 Å². The van der Waals surface area contributed by atoms with E-state index < -0.39 is 0 Å². The summed E-state index contributed by atoms with van der Waals surface area (Å²) in [6.45, 7) is 0. The molecule has 8 aromatic carbocycles. The lowest BCUT2D eigenvalue weighted by molar-refractivity contribution is 1.11. The largest absolute Gasteiger partial charge is 0.294 e. The van der Waals surface area contributed by atoms with Gasteiger partial charge in [0, 0.05) is 22.2 Å². The molecule has 0 aliphatic rings. The third-order valence-corrected chi connectivity index (χ3v) is 10.4. The predicted octanol–water partition coefficient (Wildman–Crippen LogP) is 13.6. The first-order valence-electron chi connectivity index (χ1n) is 18.7. The summed E-state index contributed by atoms with van der Waals surface area (Å²) in [5.74, 6) is 0.683. The number of aromatic nitrogens is 3. The van der Waals surface area contributed by atoms with Crippen LogP contribution in [0.4, 0.5) is 0 Å². The van der Waals surface area contributed by atoms with Crippen molar-refractivity contribution < 1.29 is 0 Å². The van der Waals surface area contributed by atoms with Crippen molar-refractivity contribution in [3.63, 3.8) is 0 Å². The Morgan fingerprint density at radius 1 is 0.309 bits per heavy atom. The average molecular weight is 702 g/mol. The van der Waals surface area contributed by atoms with E-state index in [0.717, 1.165) is 61.1 Å². The minimum atomic E-state index is 0.683. The second-order valence-electron chi connectivity index (χ2n) is 13.8. The van der Waals surface area contributed by atoms with Gasteiger partial charge >= 0.3 is 0 Å². The highest BCUT2D eigenvalue weighted by Gasteiger charge is 2.21. The van der Waals surface area contributed by atoms with Crippen molar-refractivity contribution >= 4 is 21.9 Å². The van der Waals surface area contributed by atoms with Gasteiger partial charge in [-0.05, 0) is 80.9 Å². The molecule has 0 atom stereocenters. The smallest absolute Gasteiger partial charge is 0.162 e. The van der Waals surface area contributed by atoms with Gasteiger partial charge in [-0.1, -0.05) is 176 Å². The van der Waals surface area contributed by atoms with E-state index in [-0.39, 0.29) is 0 Å². The molecule has 2 heterocycles. The van der Waals surface area contributed by atoms with E-state index in [2.05, 4.69) is 217 Å². The lowest BCUT2D eigenvalue weighted by Crippen LogP contribution is -1.99. The number of fused-ring (bicyclic) bond motifs is 3. The molecule has 0 unspecified atom stereocenters. The topological polar surface area (TPSA) is 30.7 Å². The van der Waals surface area contributed by atoms with Crippen molar-refractivity contribution in [1.82, 2.24) is 14.5 Å². The number of hydrogen-bond acceptors (Lipinski definition) is 2. The zero-order chi connectivity index (χ0) is 36.6. The van der Waals surface area contributed by atoms with Gasteiger partial charge < -0.3 is 0 Å². The van der Waals surface area contributed by atoms with E-state index in [1.54, 1.807) is 0 Å². The van der Waals surface area contributed by atoms with Gasteiger partial charge in [0.25, 0.3) is 0 Å². The van der Waals surface area contributed by atoms with Gasteiger partial charge in [-0.3, -0.25) is 4.57 Å². The molecule has 0 aliphatic heterocycles. The van der Waals surface area contributed by atoms with Gasteiger partial charge in [-0.25, -0.2) is 9.97 Å². The van der Waals surface area contributed by atoms with Crippen LogP contribution in [0.15, 0.2) is 212 Å².